The highest BCUT2D eigenvalue weighted by atomic mass is 16.1. The van der Waals surface area contributed by atoms with Gasteiger partial charge in [-0.15, -0.1) is 0 Å². The number of anilines is 1. The third-order valence-electron chi connectivity index (χ3n) is 5.86. The number of hydrogen-bond acceptors (Lipinski definition) is 2. The first-order chi connectivity index (χ1) is 12.9. The number of nitrogens with one attached hydrogen (secondary N) is 1. The maximum Gasteiger partial charge on any atom is 0.224 e. The lowest BCUT2D eigenvalue weighted by Gasteiger charge is -2.32. The van der Waals surface area contributed by atoms with Crippen LogP contribution in [0.3, 0.4) is 0 Å². The zero-order valence-corrected chi connectivity index (χ0v) is 17.1. The molecule has 1 atom stereocenters. The molecule has 3 heteroatoms. The van der Waals surface area contributed by atoms with Gasteiger partial charge in [-0.3, -0.25) is 4.79 Å². The van der Waals surface area contributed by atoms with Crippen molar-refractivity contribution < 1.29 is 4.79 Å². The van der Waals surface area contributed by atoms with Gasteiger partial charge in [-0.05, 0) is 73.9 Å². The zero-order valence-electron chi connectivity index (χ0n) is 17.1. The predicted molar refractivity (Wildman–Crippen MR) is 113 cm³/mol. The van der Waals surface area contributed by atoms with E-state index in [-0.39, 0.29) is 11.9 Å². The van der Waals surface area contributed by atoms with Gasteiger partial charge in [-0.1, -0.05) is 37.3 Å². The van der Waals surface area contributed by atoms with Crippen LogP contribution in [-0.4, -0.2) is 19.0 Å². The molecule has 3 nitrogen and oxygen atoms in total. The van der Waals surface area contributed by atoms with Gasteiger partial charge in [0.05, 0.1) is 12.5 Å². The Morgan fingerprint density at radius 2 is 1.74 bits per heavy atom. The van der Waals surface area contributed by atoms with Gasteiger partial charge in [0.15, 0.2) is 0 Å². The lowest BCUT2D eigenvalue weighted by atomic mass is 9.98. The van der Waals surface area contributed by atoms with Gasteiger partial charge < -0.3 is 10.2 Å². The minimum absolute atomic E-state index is 0.0134. The van der Waals surface area contributed by atoms with E-state index in [9.17, 15) is 4.79 Å². The molecular weight excluding hydrogens is 332 g/mol. The molecular formula is C24H32N2O. The predicted octanol–water partition coefficient (Wildman–Crippen LogP) is 4.96. The van der Waals surface area contributed by atoms with Crippen molar-refractivity contribution in [3.05, 3.63) is 64.7 Å². The van der Waals surface area contributed by atoms with Gasteiger partial charge in [0, 0.05) is 18.8 Å². The lowest BCUT2D eigenvalue weighted by Crippen LogP contribution is -2.32. The normalized spacial score (nSPS) is 16.2. The number of amides is 1. The first-order valence-electron chi connectivity index (χ1n) is 10.1. The van der Waals surface area contributed by atoms with Crippen LogP contribution in [0.2, 0.25) is 0 Å². The van der Waals surface area contributed by atoms with Gasteiger partial charge in [0.2, 0.25) is 5.91 Å². The molecule has 1 amide bonds. The molecule has 1 aliphatic rings. The molecule has 1 saturated heterocycles. The Morgan fingerprint density at radius 3 is 2.37 bits per heavy atom. The summed E-state index contributed by atoms with van der Waals surface area (Å²) in [5, 5.41) is 3.13. The molecule has 0 aromatic heterocycles. The van der Waals surface area contributed by atoms with E-state index in [1.54, 1.807) is 0 Å². The zero-order chi connectivity index (χ0) is 19.4. The molecule has 3 rings (SSSR count). The summed E-state index contributed by atoms with van der Waals surface area (Å²) in [5.74, 6) is 0.910. The number of carbonyl (C=O) groups is 1. The minimum Gasteiger partial charge on any atom is -0.372 e. The summed E-state index contributed by atoms with van der Waals surface area (Å²) in [7, 11) is 0. The molecule has 0 saturated carbocycles. The van der Waals surface area contributed by atoms with Crippen LogP contribution in [0.25, 0.3) is 0 Å². The second-order valence-corrected chi connectivity index (χ2v) is 8.15. The van der Waals surface area contributed by atoms with E-state index >= 15 is 0 Å². The topological polar surface area (TPSA) is 32.3 Å². The summed E-state index contributed by atoms with van der Waals surface area (Å²) in [5.41, 5.74) is 6.00. The highest BCUT2D eigenvalue weighted by Crippen LogP contribution is 2.24. The summed E-state index contributed by atoms with van der Waals surface area (Å²) in [4.78, 5) is 14.9. The summed E-state index contributed by atoms with van der Waals surface area (Å²) in [6.45, 7) is 10.9. The molecule has 0 bridgehead atoms. The summed E-state index contributed by atoms with van der Waals surface area (Å²) < 4.78 is 0. The number of aryl methyl sites for hydroxylation is 2. The van der Waals surface area contributed by atoms with E-state index in [1.165, 1.54) is 29.7 Å². The number of nitrogens with zero attached hydrogens (tertiary/aromatic N) is 1. The van der Waals surface area contributed by atoms with Gasteiger partial charge in [-0.25, -0.2) is 0 Å². The molecule has 1 unspecified atom stereocenters. The Morgan fingerprint density at radius 1 is 1.07 bits per heavy atom. The molecule has 0 aliphatic carbocycles. The van der Waals surface area contributed by atoms with Gasteiger partial charge in [0.1, 0.15) is 0 Å². The van der Waals surface area contributed by atoms with Gasteiger partial charge >= 0.3 is 0 Å². The molecule has 0 radical (unpaired) electrons. The molecule has 1 heterocycles. The van der Waals surface area contributed by atoms with Crippen molar-refractivity contribution in [3.63, 3.8) is 0 Å². The average molecular weight is 365 g/mol. The second kappa shape index (κ2) is 8.60. The van der Waals surface area contributed by atoms with E-state index in [4.69, 9.17) is 0 Å². The van der Waals surface area contributed by atoms with Crippen molar-refractivity contribution in [1.82, 2.24) is 5.32 Å². The quantitative estimate of drug-likeness (QED) is 0.813. The van der Waals surface area contributed by atoms with Crippen molar-refractivity contribution >= 4 is 11.6 Å². The number of carbonyl (C=O) groups excluding carboxylic acids is 1. The van der Waals surface area contributed by atoms with Crippen molar-refractivity contribution in [2.24, 2.45) is 5.92 Å². The number of piperidine rings is 1. The first-order valence-corrected chi connectivity index (χ1v) is 10.1. The fraction of sp³-hybridized carbons (Fsp3) is 0.458. The van der Waals surface area contributed by atoms with Crippen LogP contribution in [0.4, 0.5) is 5.69 Å². The van der Waals surface area contributed by atoms with E-state index < -0.39 is 0 Å². The summed E-state index contributed by atoms with van der Waals surface area (Å²) in [6.07, 6.45) is 2.97. The third-order valence-corrected chi connectivity index (χ3v) is 5.86. The third kappa shape index (κ3) is 5.12. The van der Waals surface area contributed by atoms with E-state index in [0.717, 1.165) is 30.1 Å². The fourth-order valence-electron chi connectivity index (χ4n) is 3.72. The maximum atomic E-state index is 12.4. The first kappa shape index (κ1) is 19.5. The Kier molecular flexibility index (Phi) is 6.20. The van der Waals surface area contributed by atoms with Crippen molar-refractivity contribution in [2.45, 2.75) is 53.0 Å². The number of hydrogen-bond donors (Lipinski definition) is 1. The van der Waals surface area contributed by atoms with E-state index in [2.05, 4.69) is 74.3 Å². The van der Waals surface area contributed by atoms with Crippen LogP contribution < -0.4 is 10.2 Å². The summed E-state index contributed by atoms with van der Waals surface area (Å²) in [6, 6.07) is 14.9. The molecule has 0 spiro atoms. The maximum absolute atomic E-state index is 12.4. The Bertz CT molecular complexity index is 773. The minimum atomic E-state index is 0.0134. The molecule has 1 aliphatic heterocycles. The standard InChI is InChI=1S/C24H32N2O/c1-17-11-13-26(14-12-17)23-9-7-22(8-10-23)20(4)25-24(27)16-21-6-5-18(2)19(3)15-21/h5-10,15,17,20H,11-14,16H2,1-4H3,(H,25,27). The Balaban J connectivity index is 1.56. The van der Waals surface area contributed by atoms with Gasteiger partial charge in [0.25, 0.3) is 0 Å². The van der Waals surface area contributed by atoms with Crippen molar-refractivity contribution in [1.29, 1.82) is 0 Å². The molecule has 144 valence electrons. The van der Waals surface area contributed by atoms with Crippen LogP contribution in [0.1, 0.15) is 55.0 Å². The average Bonchev–Trinajstić information content (AvgIpc) is 2.65. The molecule has 1 N–H and O–H groups in total. The monoisotopic (exact) mass is 364 g/mol. The highest BCUT2D eigenvalue weighted by Gasteiger charge is 2.16. The van der Waals surface area contributed by atoms with Crippen LogP contribution >= 0.6 is 0 Å². The SMILES string of the molecule is Cc1ccc(CC(=O)NC(C)c2ccc(N3CCC(C)CC3)cc2)cc1C. The Labute approximate surface area is 163 Å². The highest BCUT2D eigenvalue weighted by molar-refractivity contribution is 5.79. The van der Waals surface area contributed by atoms with Crippen LogP contribution in [-0.2, 0) is 11.2 Å². The van der Waals surface area contributed by atoms with Crippen LogP contribution in [0.15, 0.2) is 42.5 Å². The van der Waals surface area contributed by atoms with Gasteiger partial charge in [-0.2, -0.15) is 0 Å². The van der Waals surface area contributed by atoms with Crippen molar-refractivity contribution in [3.8, 4) is 0 Å². The molecule has 2 aromatic rings. The van der Waals surface area contributed by atoms with E-state index in [1.807, 2.05) is 6.07 Å². The van der Waals surface area contributed by atoms with Crippen LogP contribution in [0, 0.1) is 19.8 Å². The smallest absolute Gasteiger partial charge is 0.224 e. The second-order valence-electron chi connectivity index (χ2n) is 8.15. The number of benzene rings is 2. The fourth-order valence-corrected chi connectivity index (χ4v) is 3.72. The number of rotatable bonds is 5. The molecule has 2 aromatic carbocycles. The van der Waals surface area contributed by atoms with Crippen LogP contribution in [0.5, 0.6) is 0 Å². The summed E-state index contributed by atoms with van der Waals surface area (Å²) >= 11 is 0. The molecule has 1 fully saturated rings. The molecule has 27 heavy (non-hydrogen) atoms. The lowest BCUT2D eigenvalue weighted by molar-refractivity contribution is -0.121. The largest absolute Gasteiger partial charge is 0.372 e. The van der Waals surface area contributed by atoms with E-state index in [0.29, 0.717) is 6.42 Å². The Hall–Kier alpha value is -2.29. The van der Waals surface area contributed by atoms with Crippen molar-refractivity contribution in [2.75, 3.05) is 18.0 Å².